The second-order valence-corrected chi connectivity index (χ2v) is 7.30. The van der Waals surface area contributed by atoms with Crippen LogP contribution in [0, 0.1) is 0 Å². The van der Waals surface area contributed by atoms with Gasteiger partial charge < -0.3 is 4.84 Å². The minimum Gasteiger partial charge on any atom is -0.317 e. The maximum absolute atomic E-state index is 12.7. The smallest absolute Gasteiger partial charge is 0.317 e. The molecule has 1 atom stereocenters. The number of hydrogen-bond donors (Lipinski definition) is 0. The zero-order valence-corrected chi connectivity index (χ0v) is 15.2. The number of amides is 1. The lowest BCUT2D eigenvalue weighted by molar-refractivity contribution is 0.139. The van der Waals surface area contributed by atoms with Crippen molar-refractivity contribution in [2.75, 3.05) is 5.06 Å². The number of hydrogen-bond acceptors (Lipinski definition) is 4. The summed E-state index contributed by atoms with van der Waals surface area (Å²) in [5.41, 5.74) is 2.15. The van der Waals surface area contributed by atoms with Crippen molar-refractivity contribution in [2.45, 2.75) is 25.7 Å². The van der Waals surface area contributed by atoms with Crippen molar-refractivity contribution in [1.82, 2.24) is 4.90 Å². The van der Waals surface area contributed by atoms with Crippen LogP contribution in [0.1, 0.15) is 19.4 Å². The maximum Gasteiger partial charge on any atom is 0.438 e. The molecule has 2 aliphatic rings. The molecule has 0 aromatic heterocycles. The average Bonchev–Trinajstić information content (AvgIpc) is 3.17. The van der Waals surface area contributed by atoms with Gasteiger partial charge in [0, 0.05) is 5.56 Å². The normalized spacial score (nSPS) is 20.6. The Morgan fingerprint density at radius 3 is 2.44 bits per heavy atom. The Hall–Kier alpha value is -3.34. The van der Waals surface area contributed by atoms with E-state index in [9.17, 15) is 4.79 Å². The minimum absolute atomic E-state index is 0.382. The monoisotopic (exact) mass is 357 g/mol. The third-order valence-electron chi connectivity index (χ3n) is 5.30. The van der Waals surface area contributed by atoms with Crippen LogP contribution in [0.2, 0.25) is 0 Å². The predicted octanol–water partition coefficient (Wildman–Crippen LogP) is 4.58. The summed E-state index contributed by atoms with van der Waals surface area (Å²) in [6.45, 7) is 4.03. The second-order valence-electron chi connectivity index (χ2n) is 7.30. The summed E-state index contributed by atoms with van der Waals surface area (Å²) >= 11 is 0. The van der Waals surface area contributed by atoms with Crippen LogP contribution in [0.25, 0.3) is 10.8 Å². The molecule has 0 bridgehead atoms. The van der Waals surface area contributed by atoms with Gasteiger partial charge in [0.1, 0.15) is 0 Å². The van der Waals surface area contributed by atoms with Gasteiger partial charge in [0.25, 0.3) is 0 Å². The number of carbonyl (C=O) groups is 1. The summed E-state index contributed by atoms with van der Waals surface area (Å²) in [5.74, 6) is 0. The number of para-hydroxylation sites is 1. The Labute approximate surface area is 157 Å². The summed E-state index contributed by atoms with van der Waals surface area (Å²) in [6, 6.07) is 24.0. The first-order chi connectivity index (χ1) is 13.1. The molecular weight excluding hydrogens is 338 g/mol. The van der Waals surface area contributed by atoms with Gasteiger partial charge in [-0.1, -0.05) is 60.7 Å². The average molecular weight is 357 g/mol. The van der Waals surface area contributed by atoms with Crippen molar-refractivity contribution in [3.8, 4) is 0 Å². The molecule has 0 N–H and O–H groups in total. The van der Waals surface area contributed by atoms with Gasteiger partial charge in [0.15, 0.2) is 0 Å². The van der Waals surface area contributed by atoms with Gasteiger partial charge >= 0.3 is 6.09 Å². The summed E-state index contributed by atoms with van der Waals surface area (Å²) < 4.78 is 0. The first-order valence-corrected chi connectivity index (χ1v) is 8.99. The molecule has 27 heavy (non-hydrogen) atoms. The van der Waals surface area contributed by atoms with E-state index in [4.69, 9.17) is 9.83 Å². The molecule has 1 fully saturated rings. The zero-order chi connectivity index (χ0) is 18.6. The van der Waals surface area contributed by atoms with E-state index in [0.717, 1.165) is 27.7 Å². The SMILES string of the molecule is CC1(C)C(c2cccc3ccccc23)=NC2N(c3ccccc3)OC(=O)N21. The minimum atomic E-state index is -0.588. The molecule has 0 saturated carbocycles. The number of carbonyl (C=O) groups excluding carboxylic acids is 1. The number of aliphatic imine (C=N–C) groups is 1. The number of fused-ring (bicyclic) bond motifs is 2. The van der Waals surface area contributed by atoms with E-state index in [1.165, 1.54) is 0 Å². The third kappa shape index (κ3) is 2.24. The largest absolute Gasteiger partial charge is 0.438 e. The first-order valence-electron chi connectivity index (χ1n) is 8.99. The number of hydroxylamine groups is 1. The molecule has 5 rings (SSSR count). The quantitative estimate of drug-likeness (QED) is 0.674. The molecule has 134 valence electrons. The van der Waals surface area contributed by atoms with E-state index >= 15 is 0 Å². The molecule has 1 amide bonds. The fourth-order valence-corrected chi connectivity index (χ4v) is 3.98. The molecule has 0 radical (unpaired) electrons. The Morgan fingerprint density at radius 1 is 0.926 bits per heavy atom. The van der Waals surface area contributed by atoms with Gasteiger partial charge in [-0.3, -0.25) is 4.90 Å². The summed E-state index contributed by atoms with van der Waals surface area (Å²) in [5, 5.41) is 3.87. The van der Waals surface area contributed by atoms with Crippen molar-refractivity contribution in [1.29, 1.82) is 0 Å². The Balaban J connectivity index is 1.66. The summed E-state index contributed by atoms with van der Waals surface area (Å²) in [7, 11) is 0. The Bertz CT molecular complexity index is 1070. The first kappa shape index (κ1) is 15.9. The lowest BCUT2D eigenvalue weighted by Gasteiger charge is -2.29. The molecule has 0 aliphatic carbocycles. The van der Waals surface area contributed by atoms with Crippen molar-refractivity contribution < 1.29 is 9.63 Å². The van der Waals surface area contributed by atoms with Crippen molar-refractivity contribution in [3.05, 3.63) is 78.4 Å². The van der Waals surface area contributed by atoms with Gasteiger partial charge in [0.2, 0.25) is 6.29 Å². The molecule has 1 saturated heterocycles. The highest BCUT2D eigenvalue weighted by atomic mass is 16.7. The highest BCUT2D eigenvalue weighted by Crippen LogP contribution is 2.40. The van der Waals surface area contributed by atoms with E-state index < -0.39 is 11.8 Å². The molecular formula is C22H19N3O2. The highest BCUT2D eigenvalue weighted by molar-refractivity contribution is 6.17. The van der Waals surface area contributed by atoms with Gasteiger partial charge in [-0.15, -0.1) is 0 Å². The van der Waals surface area contributed by atoms with Gasteiger partial charge in [-0.25, -0.2) is 9.79 Å². The molecule has 3 aromatic rings. The Morgan fingerprint density at radius 2 is 1.63 bits per heavy atom. The van der Waals surface area contributed by atoms with Crippen LogP contribution in [0.15, 0.2) is 77.8 Å². The van der Waals surface area contributed by atoms with Crippen LogP contribution in [0.4, 0.5) is 10.5 Å². The van der Waals surface area contributed by atoms with E-state index in [-0.39, 0.29) is 6.09 Å². The number of nitrogens with zero attached hydrogens (tertiary/aromatic N) is 3. The molecule has 2 aliphatic heterocycles. The number of anilines is 1. The molecule has 0 spiro atoms. The second kappa shape index (κ2) is 5.58. The lowest BCUT2D eigenvalue weighted by atomic mass is 9.89. The molecule has 2 heterocycles. The van der Waals surface area contributed by atoms with Crippen LogP contribution in [-0.4, -0.2) is 28.5 Å². The highest BCUT2D eigenvalue weighted by Gasteiger charge is 2.55. The fraction of sp³-hybridized carbons (Fsp3) is 0.182. The summed E-state index contributed by atoms with van der Waals surface area (Å²) in [4.78, 5) is 24.9. The lowest BCUT2D eigenvalue weighted by Crippen LogP contribution is -2.49. The van der Waals surface area contributed by atoms with Crippen LogP contribution in [0.3, 0.4) is 0 Å². The van der Waals surface area contributed by atoms with Crippen molar-refractivity contribution in [3.63, 3.8) is 0 Å². The zero-order valence-electron chi connectivity index (χ0n) is 15.2. The van der Waals surface area contributed by atoms with Crippen molar-refractivity contribution >= 4 is 28.3 Å². The molecule has 5 heteroatoms. The van der Waals surface area contributed by atoms with E-state index in [0.29, 0.717) is 0 Å². The maximum atomic E-state index is 12.7. The van der Waals surface area contributed by atoms with Gasteiger partial charge in [0.05, 0.1) is 16.9 Å². The van der Waals surface area contributed by atoms with E-state index in [1.54, 1.807) is 9.96 Å². The van der Waals surface area contributed by atoms with E-state index in [2.05, 4.69) is 24.3 Å². The topological polar surface area (TPSA) is 45.1 Å². The van der Waals surface area contributed by atoms with Crippen LogP contribution < -0.4 is 5.06 Å². The third-order valence-corrected chi connectivity index (χ3v) is 5.30. The molecule has 1 unspecified atom stereocenters. The van der Waals surface area contributed by atoms with Crippen molar-refractivity contribution in [2.24, 2.45) is 4.99 Å². The molecule has 3 aromatic carbocycles. The molecule has 5 nitrogen and oxygen atoms in total. The predicted molar refractivity (Wildman–Crippen MR) is 106 cm³/mol. The fourth-order valence-electron chi connectivity index (χ4n) is 3.98. The standard InChI is InChI=1S/C22H19N3O2/c1-22(2)19(18-14-8-10-15-9-6-7-13-17(15)18)23-20-24(22)21(26)27-25(20)16-11-4-3-5-12-16/h3-14,20H,1-2H3. The van der Waals surface area contributed by atoms with Gasteiger partial charge in [-0.05, 0) is 36.8 Å². The number of rotatable bonds is 2. The number of benzene rings is 3. The van der Waals surface area contributed by atoms with Crippen LogP contribution >= 0.6 is 0 Å². The summed E-state index contributed by atoms with van der Waals surface area (Å²) in [6.07, 6.45) is -0.892. The Kier molecular flexibility index (Phi) is 3.28. The van der Waals surface area contributed by atoms with Gasteiger partial charge in [-0.2, -0.15) is 5.06 Å². The van der Waals surface area contributed by atoms with E-state index in [1.807, 2.05) is 62.4 Å². The van der Waals surface area contributed by atoms with Crippen LogP contribution in [0.5, 0.6) is 0 Å². The van der Waals surface area contributed by atoms with Crippen LogP contribution in [-0.2, 0) is 4.84 Å².